The lowest BCUT2D eigenvalue weighted by Crippen LogP contribution is -2.41. The Balaban J connectivity index is 1.46. The highest BCUT2D eigenvalue weighted by Gasteiger charge is 2.43. The van der Waals surface area contributed by atoms with Gasteiger partial charge in [0.15, 0.2) is 5.17 Å². The number of ether oxygens (including phenoxy) is 1. The van der Waals surface area contributed by atoms with Crippen molar-refractivity contribution in [1.29, 1.82) is 0 Å². The minimum atomic E-state index is -0.368. The van der Waals surface area contributed by atoms with Crippen LogP contribution in [0.15, 0.2) is 45.6 Å². The number of hydrogen-bond acceptors (Lipinski definition) is 6. The highest BCUT2D eigenvalue weighted by molar-refractivity contribution is 8.16. The fourth-order valence-corrected chi connectivity index (χ4v) is 7.12. The molecule has 0 saturated heterocycles. The summed E-state index contributed by atoms with van der Waals surface area (Å²) in [6.07, 6.45) is 5.82. The van der Waals surface area contributed by atoms with Gasteiger partial charge in [-0.05, 0) is 67.9 Å². The summed E-state index contributed by atoms with van der Waals surface area (Å²) in [5.41, 5.74) is 5.49. The maximum absolute atomic E-state index is 13.1. The Labute approximate surface area is 205 Å². The number of nitrogens with zero attached hydrogens (tertiary/aromatic N) is 2. The van der Waals surface area contributed by atoms with E-state index >= 15 is 0 Å². The monoisotopic (exact) mass is 479 g/mol. The summed E-state index contributed by atoms with van der Waals surface area (Å²) in [7, 11) is 1.42. The number of methoxy groups -OCH3 is 1. The van der Waals surface area contributed by atoms with Crippen LogP contribution in [-0.2, 0) is 14.3 Å². The van der Waals surface area contributed by atoms with Crippen molar-refractivity contribution in [2.45, 2.75) is 71.4 Å². The van der Waals surface area contributed by atoms with Gasteiger partial charge in [-0.15, -0.1) is 0 Å². The summed E-state index contributed by atoms with van der Waals surface area (Å²) in [6.45, 7) is 6.15. The zero-order valence-corrected chi connectivity index (χ0v) is 21.2. The standard InChI is InChI=1S/C27H33N3O3S/c1-5-21-24(26(32)33-4)25(20-9-6-15(2)10-16(20)3)30-19(14-34-27(30)29-21)13-23(31)28-22-12-17-7-8-18(22)11-17/h6,9-10,14,17-18,22,25H,5,7-8,11-13H2,1-4H3,(H,28,31). The molecule has 4 aliphatic rings. The molecule has 2 aliphatic carbocycles. The fraction of sp³-hybridized carbons (Fsp3) is 0.519. The van der Waals surface area contributed by atoms with Gasteiger partial charge in [0.05, 0.1) is 30.8 Å². The normalized spacial score (nSPS) is 27.5. The first-order valence-corrected chi connectivity index (χ1v) is 13.2. The lowest BCUT2D eigenvalue weighted by atomic mass is 9.89. The summed E-state index contributed by atoms with van der Waals surface area (Å²) < 4.78 is 5.22. The first-order valence-electron chi connectivity index (χ1n) is 12.3. The van der Waals surface area contributed by atoms with Crippen molar-refractivity contribution in [1.82, 2.24) is 10.2 Å². The highest BCUT2D eigenvalue weighted by atomic mass is 32.2. The van der Waals surface area contributed by atoms with Crippen molar-refractivity contribution < 1.29 is 14.3 Å². The van der Waals surface area contributed by atoms with Gasteiger partial charge in [0.2, 0.25) is 5.91 Å². The largest absolute Gasteiger partial charge is 0.466 e. The number of aryl methyl sites for hydroxylation is 2. The van der Waals surface area contributed by atoms with Crippen LogP contribution >= 0.6 is 11.8 Å². The molecule has 4 unspecified atom stereocenters. The molecule has 1 aromatic carbocycles. The Morgan fingerprint density at radius 2 is 2.06 bits per heavy atom. The summed E-state index contributed by atoms with van der Waals surface area (Å²) in [4.78, 5) is 33.1. The van der Waals surface area contributed by atoms with E-state index in [0.717, 1.165) is 40.0 Å². The molecule has 2 bridgehead atoms. The molecule has 180 valence electrons. The summed E-state index contributed by atoms with van der Waals surface area (Å²) in [6, 6.07) is 6.23. The van der Waals surface area contributed by atoms with Gasteiger partial charge in [-0.2, -0.15) is 0 Å². The van der Waals surface area contributed by atoms with E-state index in [1.54, 1.807) is 0 Å². The Hall–Kier alpha value is -2.54. The minimum absolute atomic E-state index is 0.0508. The van der Waals surface area contributed by atoms with Crippen LogP contribution in [-0.4, -0.2) is 35.1 Å². The van der Waals surface area contributed by atoms with Gasteiger partial charge in [0.25, 0.3) is 0 Å². The van der Waals surface area contributed by atoms with Crippen molar-refractivity contribution >= 4 is 28.8 Å². The molecule has 2 fully saturated rings. The zero-order chi connectivity index (χ0) is 24.0. The number of amidine groups is 1. The van der Waals surface area contributed by atoms with E-state index in [0.29, 0.717) is 24.0 Å². The Morgan fingerprint density at radius 3 is 2.71 bits per heavy atom. The zero-order valence-electron chi connectivity index (χ0n) is 20.4. The molecule has 0 radical (unpaired) electrons. The molecule has 4 atom stereocenters. The predicted molar refractivity (Wildman–Crippen MR) is 135 cm³/mol. The number of nitrogens with one attached hydrogen (secondary N) is 1. The van der Waals surface area contributed by atoms with Crippen LogP contribution in [0, 0.1) is 25.7 Å². The summed E-state index contributed by atoms with van der Waals surface area (Å²) in [5.74, 6) is 1.10. The van der Waals surface area contributed by atoms with Crippen molar-refractivity contribution in [3.8, 4) is 0 Å². The Morgan fingerprint density at radius 1 is 1.24 bits per heavy atom. The lowest BCUT2D eigenvalue weighted by Gasteiger charge is -2.37. The molecule has 1 N–H and O–H groups in total. The number of rotatable bonds is 6. The molecule has 7 heteroatoms. The maximum Gasteiger partial charge on any atom is 0.338 e. The smallest absolute Gasteiger partial charge is 0.338 e. The quantitative estimate of drug-likeness (QED) is 0.573. The van der Waals surface area contributed by atoms with Gasteiger partial charge in [0, 0.05) is 11.7 Å². The van der Waals surface area contributed by atoms with Gasteiger partial charge in [0.1, 0.15) is 0 Å². The van der Waals surface area contributed by atoms with E-state index in [1.165, 1.54) is 43.7 Å². The number of thioether (sulfide) groups is 1. The van der Waals surface area contributed by atoms with E-state index in [2.05, 4.69) is 42.3 Å². The molecule has 2 heterocycles. The van der Waals surface area contributed by atoms with Crippen molar-refractivity contribution in [3.05, 3.63) is 57.3 Å². The number of carbonyl (C=O) groups excluding carboxylic acids is 2. The molecule has 2 aliphatic heterocycles. The second kappa shape index (κ2) is 9.25. The van der Waals surface area contributed by atoms with Gasteiger partial charge < -0.3 is 15.0 Å². The van der Waals surface area contributed by atoms with E-state index in [1.807, 2.05) is 12.3 Å². The molecular formula is C27H33N3O3S. The number of carbonyl (C=O) groups is 2. The number of amides is 1. The van der Waals surface area contributed by atoms with Crippen molar-refractivity contribution in [2.75, 3.05) is 7.11 Å². The van der Waals surface area contributed by atoms with Crippen molar-refractivity contribution in [2.24, 2.45) is 16.8 Å². The number of hydrogen-bond donors (Lipinski definition) is 1. The minimum Gasteiger partial charge on any atom is -0.466 e. The third kappa shape index (κ3) is 4.08. The van der Waals surface area contributed by atoms with Gasteiger partial charge in [-0.1, -0.05) is 48.9 Å². The predicted octanol–water partition coefficient (Wildman–Crippen LogP) is 5.14. The third-order valence-corrected chi connectivity index (χ3v) is 8.66. The van der Waals surface area contributed by atoms with Gasteiger partial charge in [-0.3, -0.25) is 4.79 Å². The van der Waals surface area contributed by atoms with E-state index in [4.69, 9.17) is 9.73 Å². The molecule has 5 rings (SSSR count). The van der Waals surface area contributed by atoms with E-state index in [9.17, 15) is 9.59 Å². The number of aliphatic imine (C=N–C) groups is 1. The Kier molecular flexibility index (Phi) is 6.32. The molecule has 6 nitrogen and oxygen atoms in total. The fourth-order valence-electron chi connectivity index (χ4n) is 6.18. The summed E-state index contributed by atoms with van der Waals surface area (Å²) >= 11 is 1.53. The van der Waals surface area contributed by atoms with Gasteiger partial charge in [-0.25, -0.2) is 9.79 Å². The first-order chi connectivity index (χ1) is 16.4. The van der Waals surface area contributed by atoms with Crippen LogP contribution in [0.3, 0.4) is 0 Å². The molecule has 1 amide bonds. The average molecular weight is 480 g/mol. The van der Waals surface area contributed by atoms with Crippen LogP contribution < -0.4 is 5.32 Å². The van der Waals surface area contributed by atoms with Gasteiger partial charge >= 0.3 is 5.97 Å². The van der Waals surface area contributed by atoms with Crippen LogP contribution in [0.4, 0.5) is 0 Å². The summed E-state index contributed by atoms with van der Waals surface area (Å²) in [5, 5.41) is 6.15. The maximum atomic E-state index is 13.1. The second-order valence-corrected chi connectivity index (χ2v) is 10.8. The van der Waals surface area contributed by atoms with E-state index < -0.39 is 0 Å². The third-order valence-electron chi connectivity index (χ3n) is 7.78. The molecule has 1 aromatic rings. The molecule has 34 heavy (non-hydrogen) atoms. The van der Waals surface area contributed by atoms with Crippen LogP contribution in [0.1, 0.15) is 68.2 Å². The molecule has 0 spiro atoms. The van der Waals surface area contributed by atoms with Crippen LogP contribution in [0.5, 0.6) is 0 Å². The molecule has 2 saturated carbocycles. The number of benzene rings is 1. The highest BCUT2D eigenvalue weighted by Crippen LogP contribution is 2.47. The molecular weight excluding hydrogens is 446 g/mol. The topological polar surface area (TPSA) is 71.0 Å². The number of esters is 1. The average Bonchev–Trinajstić information content (AvgIpc) is 3.54. The van der Waals surface area contributed by atoms with Crippen LogP contribution in [0.25, 0.3) is 0 Å². The Bertz CT molecular complexity index is 1120. The van der Waals surface area contributed by atoms with E-state index in [-0.39, 0.29) is 24.3 Å². The van der Waals surface area contributed by atoms with Crippen molar-refractivity contribution in [3.63, 3.8) is 0 Å². The van der Waals surface area contributed by atoms with Crippen LogP contribution in [0.2, 0.25) is 0 Å². The molecule has 0 aromatic heterocycles. The number of allylic oxidation sites excluding steroid dienone is 1. The second-order valence-electron chi connectivity index (χ2n) is 9.99. The first kappa shape index (κ1) is 23.2. The lowest BCUT2D eigenvalue weighted by molar-refractivity contribution is -0.136. The number of fused-ring (bicyclic) bond motifs is 3. The SMILES string of the molecule is CCC1=C(C(=O)OC)C(c2ccc(C)cc2C)N2C(CC(=O)NC3CC4CCC3C4)=CSC2=N1.